The summed E-state index contributed by atoms with van der Waals surface area (Å²) >= 11 is 0. The van der Waals surface area contributed by atoms with Crippen LogP contribution >= 0.6 is 0 Å². The molecule has 27 heavy (non-hydrogen) atoms. The number of hydrogen-bond acceptors (Lipinski definition) is 4. The lowest BCUT2D eigenvalue weighted by molar-refractivity contribution is -0.124. The summed E-state index contributed by atoms with van der Waals surface area (Å²) in [6.07, 6.45) is 1.00. The molecular weight excluding hydrogens is 344 g/mol. The van der Waals surface area contributed by atoms with E-state index in [1.807, 2.05) is 18.2 Å². The van der Waals surface area contributed by atoms with Gasteiger partial charge in [0.05, 0.1) is 13.7 Å². The highest BCUT2D eigenvalue weighted by molar-refractivity contribution is 5.93. The maximum atomic E-state index is 12.1. The maximum Gasteiger partial charge on any atom is 0.224 e. The van der Waals surface area contributed by atoms with E-state index < -0.39 is 0 Å². The van der Waals surface area contributed by atoms with Crippen LogP contribution in [-0.4, -0.2) is 32.1 Å². The Morgan fingerprint density at radius 1 is 1.11 bits per heavy atom. The molecule has 142 valence electrons. The molecule has 0 saturated carbocycles. The molecular formula is C21H24N2O4. The van der Waals surface area contributed by atoms with Gasteiger partial charge in [-0.1, -0.05) is 30.3 Å². The number of ether oxygens (including phenoxy) is 2. The standard InChI is InChI=1S/C21H24N2O4/c1-26-17-7-4-6-16(13-17)23-21(25)10-9-20(24)22-14-19-18-8-3-2-5-15(18)11-12-27-19/h2-8,13,19H,9-12,14H2,1H3,(H,22,24)(H,23,25). The van der Waals surface area contributed by atoms with Crippen molar-refractivity contribution in [1.29, 1.82) is 0 Å². The molecule has 0 aliphatic carbocycles. The Labute approximate surface area is 158 Å². The first-order valence-corrected chi connectivity index (χ1v) is 9.05. The average molecular weight is 368 g/mol. The normalized spacial score (nSPS) is 15.5. The molecule has 2 N–H and O–H groups in total. The van der Waals surface area contributed by atoms with Gasteiger partial charge in [-0.15, -0.1) is 0 Å². The van der Waals surface area contributed by atoms with Gasteiger partial charge in [0.25, 0.3) is 0 Å². The first kappa shape index (κ1) is 18.9. The number of carbonyl (C=O) groups excluding carboxylic acids is 2. The van der Waals surface area contributed by atoms with Gasteiger partial charge in [-0.3, -0.25) is 9.59 Å². The van der Waals surface area contributed by atoms with Crippen molar-refractivity contribution in [2.45, 2.75) is 25.4 Å². The summed E-state index contributed by atoms with van der Waals surface area (Å²) in [7, 11) is 1.57. The number of benzene rings is 2. The van der Waals surface area contributed by atoms with Crippen LogP contribution in [-0.2, 0) is 20.7 Å². The van der Waals surface area contributed by atoms with Crippen LogP contribution in [0.4, 0.5) is 5.69 Å². The largest absolute Gasteiger partial charge is 0.497 e. The van der Waals surface area contributed by atoms with Crippen LogP contribution in [0.15, 0.2) is 48.5 Å². The van der Waals surface area contributed by atoms with E-state index in [2.05, 4.69) is 16.7 Å². The van der Waals surface area contributed by atoms with Gasteiger partial charge < -0.3 is 20.1 Å². The molecule has 2 aromatic carbocycles. The van der Waals surface area contributed by atoms with Gasteiger partial charge in [-0.05, 0) is 29.7 Å². The molecule has 0 bridgehead atoms. The summed E-state index contributed by atoms with van der Waals surface area (Å²) in [6.45, 7) is 1.06. The minimum Gasteiger partial charge on any atom is -0.497 e. The van der Waals surface area contributed by atoms with Crippen molar-refractivity contribution in [2.75, 3.05) is 25.6 Å². The second kappa shape index (κ2) is 9.19. The molecule has 2 amide bonds. The Morgan fingerprint density at radius 2 is 1.93 bits per heavy atom. The van der Waals surface area contributed by atoms with Crippen molar-refractivity contribution in [1.82, 2.24) is 5.32 Å². The second-order valence-corrected chi connectivity index (χ2v) is 6.39. The number of fused-ring (bicyclic) bond motifs is 1. The third-order valence-electron chi connectivity index (χ3n) is 4.51. The van der Waals surface area contributed by atoms with E-state index in [0.717, 1.165) is 12.0 Å². The van der Waals surface area contributed by atoms with Crippen LogP contribution in [0, 0.1) is 0 Å². The number of carbonyl (C=O) groups is 2. The third-order valence-corrected chi connectivity index (χ3v) is 4.51. The van der Waals surface area contributed by atoms with Gasteiger partial charge >= 0.3 is 0 Å². The Balaban J connectivity index is 1.43. The van der Waals surface area contributed by atoms with Crippen LogP contribution < -0.4 is 15.4 Å². The zero-order valence-electron chi connectivity index (χ0n) is 15.4. The molecule has 1 atom stereocenters. The number of amides is 2. The topological polar surface area (TPSA) is 76.7 Å². The molecule has 0 saturated heterocycles. The molecule has 6 nitrogen and oxygen atoms in total. The van der Waals surface area contributed by atoms with Crippen molar-refractivity contribution in [3.8, 4) is 5.75 Å². The molecule has 6 heteroatoms. The number of nitrogens with one attached hydrogen (secondary N) is 2. The summed E-state index contributed by atoms with van der Waals surface area (Å²) in [5.74, 6) is 0.290. The zero-order chi connectivity index (χ0) is 19.1. The van der Waals surface area contributed by atoms with Crippen LogP contribution in [0.3, 0.4) is 0 Å². The Bertz CT molecular complexity index is 806. The van der Waals surface area contributed by atoms with Gasteiger partial charge in [-0.2, -0.15) is 0 Å². The van der Waals surface area contributed by atoms with E-state index in [9.17, 15) is 9.59 Å². The Morgan fingerprint density at radius 3 is 2.78 bits per heavy atom. The molecule has 1 unspecified atom stereocenters. The average Bonchev–Trinajstić information content (AvgIpc) is 2.70. The van der Waals surface area contributed by atoms with E-state index in [1.165, 1.54) is 5.56 Å². The fraction of sp³-hybridized carbons (Fsp3) is 0.333. The van der Waals surface area contributed by atoms with Gasteiger partial charge in [0.1, 0.15) is 11.9 Å². The summed E-state index contributed by atoms with van der Waals surface area (Å²) in [6, 6.07) is 15.2. The van der Waals surface area contributed by atoms with Crippen LogP contribution in [0.5, 0.6) is 5.75 Å². The maximum absolute atomic E-state index is 12.1. The molecule has 0 aromatic heterocycles. The molecule has 1 aliphatic rings. The molecule has 2 aromatic rings. The lowest BCUT2D eigenvalue weighted by Crippen LogP contribution is -2.32. The summed E-state index contributed by atoms with van der Waals surface area (Å²) in [4.78, 5) is 24.1. The number of methoxy groups -OCH3 is 1. The van der Waals surface area contributed by atoms with Gasteiger partial charge in [0, 0.05) is 31.1 Å². The molecule has 1 aliphatic heterocycles. The van der Waals surface area contributed by atoms with E-state index in [4.69, 9.17) is 9.47 Å². The molecule has 1 heterocycles. The lowest BCUT2D eigenvalue weighted by atomic mass is 9.97. The van der Waals surface area contributed by atoms with Gasteiger partial charge in [-0.25, -0.2) is 0 Å². The van der Waals surface area contributed by atoms with E-state index in [1.54, 1.807) is 31.4 Å². The van der Waals surface area contributed by atoms with Gasteiger partial charge in [0.15, 0.2) is 0 Å². The fourth-order valence-corrected chi connectivity index (χ4v) is 3.09. The van der Waals surface area contributed by atoms with E-state index in [-0.39, 0.29) is 30.8 Å². The number of anilines is 1. The summed E-state index contributed by atoms with van der Waals surface area (Å²) in [5.41, 5.74) is 3.03. The number of hydrogen-bond donors (Lipinski definition) is 2. The SMILES string of the molecule is COc1cccc(NC(=O)CCC(=O)NCC2OCCc3ccccc32)c1. The lowest BCUT2D eigenvalue weighted by Gasteiger charge is -2.26. The second-order valence-electron chi connectivity index (χ2n) is 6.39. The van der Waals surface area contributed by atoms with Crippen molar-refractivity contribution < 1.29 is 19.1 Å². The number of rotatable bonds is 7. The van der Waals surface area contributed by atoms with Gasteiger partial charge in [0.2, 0.25) is 11.8 Å². The van der Waals surface area contributed by atoms with Crippen LogP contribution in [0.1, 0.15) is 30.1 Å². The first-order chi connectivity index (χ1) is 13.2. The summed E-state index contributed by atoms with van der Waals surface area (Å²) in [5, 5.41) is 5.63. The Kier molecular flexibility index (Phi) is 6.44. The fourth-order valence-electron chi connectivity index (χ4n) is 3.09. The highest BCUT2D eigenvalue weighted by Crippen LogP contribution is 2.26. The quantitative estimate of drug-likeness (QED) is 0.788. The highest BCUT2D eigenvalue weighted by Gasteiger charge is 2.20. The highest BCUT2D eigenvalue weighted by atomic mass is 16.5. The Hall–Kier alpha value is -2.86. The van der Waals surface area contributed by atoms with Crippen LogP contribution in [0.25, 0.3) is 0 Å². The van der Waals surface area contributed by atoms with E-state index in [0.29, 0.717) is 24.6 Å². The molecule has 0 spiro atoms. The monoisotopic (exact) mass is 368 g/mol. The summed E-state index contributed by atoms with van der Waals surface area (Å²) < 4.78 is 10.9. The predicted octanol–water partition coefficient (Wildman–Crippen LogP) is 2.84. The predicted molar refractivity (Wildman–Crippen MR) is 103 cm³/mol. The smallest absolute Gasteiger partial charge is 0.224 e. The van der Waals surface area contributed by atoms with Crippen molar-refractivity contribution >= 4 is 17.5 Å². The molecule has 3 rings (SSSR count). The first-order valence-electron chi connectivity index (χ1n) is 9.05. The molecule has 0 radical (unpaired) electrons. The zero-order valence-corrected chi connectivity index (χ0v) is 15.4. The van der Waals surface area contributed by atoms with Crippen molar-refractivity contribution in [3.63, 3.8) is 0 Å². The van der Waals surface area contributed by atoms with Crippen molar-refractivity contribution in [2.24, 2.45) is 0 Å². The third kappa shape index (κ3) is 5.31. The van der Waals surface area contributed by atoms with Crippen LogP contribution in [0.2, 0.25) is 0 Å². The van der Waals surface area contributed by atoms with E-state index >= 15 is 0 Å². The minimum atomic E-state index is -0.210. The minimum absolute atomic E-state index is 0.116. The van der Waals surface area contributed by atoms with Crippen molar-refractivity contribution in [3.05, 3.63) is 59.7 Å². The molecule has 0 fully saturated rings.